The molecule has 0 aliphatic heterocycles. The Labute approximate surface area is 125 Å². The van der Waals surface area contributed by atoms with Gasteiger partial charge in [0, 0.05) is 30.0 Å². The number of ether oxygens (including phenoxy) is 2. The van der Waals surface area contributed by atoms with E-state index < -0.39 is 11.7 Å². The van der Waals surface area contributed by atoms with Crippen molar-refractivity contribution in [2.45, 2.75) is 38.8 Å². The molecule has 0 saturated carbocycles. The van der Waals surface area contributed by atoms with Gasteiger partial charge in [0.25, 0.3) is 0 Å². The van der Waals surface area contributed by atoms with Gasteiger partial charge in [-0.3, -0.25) is 5.32 Å². The van der Waals surface area contributed by atoms with E-state index in [0.717, 1.165) is 5.56 Å². The molecule has 6 heteroatoms. The second-order valence-electron chi connectivity index (χ2n) is 5.70. The lowest BCUT2D eigenvalue weighted by molar-refractivity contribution is 0.0636. The lowest BCUT2D eigenvalue weighted by Gasteiger charge is -2.20. The summed E-state index contributed by atoms with van der Waals surface area (Å²) >= 11 is 0. The summed E-state index contributed by atoms with van der Waals surface area (Å²) in [7, 11) is 1.53. The van der Waals surface area contributed by atoms with Crippen LogP contribution in [0.2, 0.25) is 0 Å². The first-order valence-corrected chi connectivity index (χ1v) is 6.81. The van der Waals surface area contributed by atoms with Gasteiger partial charge in [0.15, 0.2) is 0 Å². The largest absolute Gasteiger partial charge is 0.496 e. The molecule has 1 unspecified atom stereocenters. The van der Waals surface area contributed by atoms with Crippen molar-refractivity contribution in [3.8, 4) is 5.75 Å². The summed E-state index contributed by atoms with van der Waals surface area (Å²) in [6.07, 6.45) is -0.0909. The highest BCUT2D eigenvalue weighted by atomic mass is 16.6. The molecule has 0 fully saturated rings. The molecule has 6 nitrogen and oxygen atoms in total. The number of aliphatic hydroxyl groups is 1. The maximum absolute atomic E-state index is 11.7. The summed E-state index contributed by atoms with van der Waals surface area (Å²) in [4.78, 5) is 11.7. The molecule has 21 heavy (non-hydrogen) atoms. The van der Waals surface area contributed by atoms with Gasteiger partial charge in [0.1, 0.15) is 11.4 Å². The summed E-state index contributed by atoms with van der Waals surface area (Å²) < 4.78 is 10.5. The van der Waals surface area contributed by atoms with E-state index in [1.165, 1.54) is 7.11 Å². The molecule has 0 aliphatic rings. The monoisotopic (exact) mass is 296 g/mol. The summed E-state index contributed by atoms with van der Waals surface area (Å²) in [6.45, 7) is 5.39. The molecule has 1 rings (SSSR count). The molecule has 4 N–H and O–H groups in total. The van der Waals surface area contributed by atoms with E-state index in [4.69, 9.17) is 20.3 Å². The van der Waals surface area contributed by atoms with Gasteiger partial charge in [0.2, 0.25) is 0 Å². The molecule has 0 aliphatic carbocycles. The van der Waals surface area contributed by atoms with Crippen LogP contribution in [0.4, 0.5) is 10.5 Å². The number of aliphatic hydroxyl groups excluding tert-OH is 1. The van der Waals surface area contributed by atoms with Crippen LogP contribution >= 0.6 is 0 Å². The van der Waals surface area contributed by atoms with Crippen LogP contribution in [0, 0.1) is 0 Å². The van der Waals surface area contributed by atoms with Crippen LogP contribution in [0.15, 0.2) is 18.2 Å². The van der Waals surface area contributed by atoms with Crippen LogP contribution < -0.4 is 15.8 Å². The Kier molecular flexibility index (Phi) is 5.99. The summed E-state index contributed by atoms with van der Waals surface area (Å²) in [5, 5.41) is 11.6. The SMILES string of the molecule is COc1cc(NC(=O)OC(C)(C)C)ccc1C(N)CCO. The molecule has 1 aromatic carbocycles. The topological polar surface area (TPSA) is 93.8 Å². The predicted molar refractivity (Wildman–Crippen MR) is 81.5 cm³/mol. The van der Waals surface area contributed by atoms with Gasteiger partial charge in [-0.1, -0.05) is 6.07 Å². The van der Waals surface area contributed by atoms with Crippen molar-refractivity contribution in [1.29, 1.82) is 0 Å². The quantitative estimate of drug-likeness (QED) is 0.776. The minimum atomic E-state index is -0.558. The number of rotatable bonds is 5. The number of hydrogen-bond donors (Lipinski definition) is 3. The third-order valence-corrected chi connectivity index (χ3v) is 2.72. The molecule has 1 aromatic rings. The number of anilines is 1. The number of carbonyl (C=O) groups excluding carboxylic acids is 1. The van der Waals surface area contributed by atoms with Crippen molar-refractivity contribution >= 4 is 11.8 Å². The summed E-state index contributed by atoms with van der Waals surface area (Å²) in [5.41, 5.74) is 6.74. The van der Waals surface area contributed by atoms with Crippen molar-refractivity contribution in [2.75, 3.05) is 19.0 Å². The summed E-state index contributed by atoms with van der Waals surface area (Å²) in [6, 6.07) is 4.85. The Balaban J connectivity index is 2.85. The zero-order chi connectivity index (χ0) is 16.0. The Morgan fingerprint density at radius 3 is 2.62 bits per heavy atom. The van der Waals surface area contributed by atoms with Crippen molar-refractivity contribution in [3.05, 3.63) is 23.8 Å². The molecule has 0 bridgehead atoms. The zero-order valence-electron chi connectivity index (χ0n) is 13.0. The Morgan fingerprint density at radius 2 is 2.10 bits per heavy atom. The minimum absolute atomic E-state index is 0.00221. The van der Waals surface area contributed by atoms with E-state index in [2.05, 4.69) is 5.32 Å². The van der Waals surface area contributed by atoms with Crippen molar-refractivity contribution in [2.24, 2.45) is 5.73 Å². The molecule has 1 atom stereocenters. The standard InChI is InChI=1S/C15H24N2O4/c1-15(2,3)21-14(19)17-10-5-6-11(12(16)7-8-18)13(9-10)20-4/h5-6,9,12,18H,7-8,16H2,1-4H3,(H,17,19). The van der Waals surface area contributed by atoms with Crippen LogP contribution in [-0.4, -0.2) is 30.5 Å². The lowest BCUT2D eigenvalue weighted by atomic mass is 10.0. The smallest absolute Gasteiger partial charge is 0.412 e. The van der Waals surface area contributed by atoms with E-state index in [-0.39, 0.29) is 12.6 Å². The maximum Gasteiger partial charge on any atom is 0.412 e. The second kappa shape index (κ2) is 7.28. The first-order chi connectivity index (χ1) is 9.76. The molecule has 0 heterocycles. The fraction of sp³-hybridized carbons (Fsp3) is 0.533. The molecule has 0 saturated heterocycles. The van der Waals surface area contributed by atoms with Crippen LogP contribution in [0.3, 0.4) is 0 Å². The first-order valence-electron chi connectivity index (χ1n) is 6.81. The summed E-state index contributed by atoms with van der Waals surface area (Å²) in [5.74, 6) is 0.560. The van der Waals surface area contributed by atoms with Crippen LogP contribution in [0.1, 0.15) is 38.8 Å². The van der Waals surface area contributed by atoms with Crippen LogP contribution in [0.25, 0.3) is 0 Å². The van der Waals surface area contributed by atoms with E-state index in [9.17, 15) is 4.79 Å². The molecule has 1 amide bonds. The Bertz CT molecular complexity index is 483. The molecular formula is C15H24N2O4. The lowest BCUT2D eigenvalue weighted by Crippen LogP contribution is -2.27. The number of methoxy groups -OCH3 is 1. The third-order valence-electron chi connectivity index (χ3n) is 2.72. The van der Waals surface area contributed by atoms with Gasteiger partial charge in [-0.25, -0.2) is 4.79 Å². The molecule has 0 radical (unpaired) electrons. The average Bonchev–Trinajstić information content (AvgIpc) is 2.36. The molecule has 0 spiro atoms. The van der Waals surface area contributed by atoms with Gasteiger partial charge in [-0.15, -0.1) is 0 Å². The number of benzene rings is 1. The zero-order valence-corrected chi connectivity index (χ0v) is 13.0. The average molecular weight is 296 g/mol. The highest BCUT2D eigenvalue weighted by Crippen LogP contribution is 2.29. The van der Waals surface area contributed by atoms with Gasteiger partial charge in [0.05, 0.1) is 7.11 Å². The van der Waals surface area contributed by atoms with Crippen molar-refractivity contribution in [1.82, 2.24) is 0 Å². The van der Waals surface area contributed by atoms with Gasteiger partial charge in [-0.05, 0) is 33.3 Å². The fourth-order valence-corrected chi connectivity index (χ4v) is 1.81. The second-order valence-corrected chi connectivity index (χ2v) is 5.70. The number of carbonyl (C=O) groups is 1. The normalized spacial score (nSPS) is 12.7. The maximum atomic E-state index is 11.7. The van der Waals surface area contributed by atoms with Gasteiger partial charge in [-0.2, -0.15) is 0 Å². The highest BCUT2D eigenvalue weighted by Gasteiger charge is 2.17. The number of hydrogen-bond acceptors (Lipinski definition) is 5. The Morgan fingerprint density at radius 1 is 1.43 bits per heavy atom. The van der Waals surface area contributed by atoms with E-state index in [1.807, 2.05) is 0 Å². The fourth-order valence-electron chi connectivity index (χ4n) is 1.81. The third kappa shape index (κ3) is 5.61. The van der Waals surface area contributed by atoms with Crippen LogP contribution in [0.5, 0.6) is 5.75 Å². The van der Waals surface area contributed by atoms with Crippen molar-refractivity contribution in [3.63, 3.8) is 0 Å². The van der Waals surface area contributed by atoms with E-state index in [0.29, 0.717) is 17.9 Å². The van der Waals surface area contributed by atoms with E-state index in [1.54, 1.807) is 39.0 Å². The van der Waals surface area contributed by atoms with Crippen molar-refractivity contribution < 1.29 is 19.4 Å². The van der Waals surface area contributed by atoms with Gasteiger partial charge >= 0.3 is 6.09 Å². The highest BCUT2D eigenvalue weighted by molar-refractivity contribution is 5.85. The molecule has 118 valence electrons. The van der Waals surface area contributed by atoms with Gasteiger partial charge < -0.3 is 20.3 Å². The number of amides is 1. The minimum Gasteiger partial charge on any atom is -0.496 e. The predicted octanol–water partition coefficient (Wildman–Crippen LogP) is 2.42. The Hall–Kier alpha value is -1.79. The molecule has 0 aromatic heterocycles. The molecular weight excluding hydrogens is 272 g/mol. The number of nitrogens with two attached hydrogens (primary N) is 1. The number of nitrogens with one attached hydrogen (secondary N) is 1. The first kappa shape index (κ1) is 17.3. The van der Waals surface area contributed by atoms with Crippen LogP contribution in [-0.2, 0) is 4.74 Å². The van der Waals surface area contributed by atoms with E-state index >= 15 is 0 Å².